The van der Waals surface area contributed by atoms with Gasteiger partial charge in [0.25, 0.3) is 0 Å². The minimum atomic E-state index is -0.573. The second kappa shape index (κ2) is 4.33. The Labute approximate surface area is 83.5 Å². The zero-order valence-electron chi connectivity index (χ0n) is 7.70. The fourth-order valence-electron chi connectivity index (χ4n) is 0.991. The highest BCUT2D eigenvalue weighted by atomic mass is 35.5. The van der Waals surface area contributed by atoms with Crippen LogP contribution >= 0.6 is 11.5 Å². The molecular weight excluding hydrogens is 184 g/mol. The van der Waals surface area contributed by atoms with Crippen LogP contribution in [0, 0.1) is 0 Å². The molecule has 13 heavy (non-hydrogen) atoms. The number of rotatable bonds is 2. The predicted octanol–water partition coefficient (Wildman–Crippen LogP) is 1.39. The molecule has 0 aliphatic heterocycles. The number of hydrogen-bond donors (Lipinski definition) is 0. The summed E-state index contributed by atoms with van der Waals surface area (Å²) in [6.45, 7) is 0. The Bertz CT molecular complexity index is 289. The Kier molecular flexibility index (Phi) is 3.37. The van der Waals surface area contributed by atoms with Gasteiger partial charge in [0.05, 0.1) is 0 Å². The number of hydrogen-bond acceptors (Lipinski definition) is 1. The molecule has 0 fully saturated rings. The molecule has 0 saturated carbocycles. The molecule has 0 aliphatic carbocycles. The molecule has 0 N–H and O–H groups in total. The third-order valence-corrected chi connectivity index (χ3v) is 2.19. The number of amides is 1. The van der Waals surface area contributed by atoms with Gasteiger partial charge in [0, 0.05) is 14.1 Å². The van der Waals surface area contributed by atoms with Crippen molar-refractivity contribution in [2.24, 2.45) is 0 Å². The average molecular weight is 195 g/mol. The van der Waals surface area contributed by atoms with Crippen molar-refractivity contribution in [1.29, 1.82) is 0 Å². The van der Waals surface area contributed by atoms with E-state index in [0.29, 0.717) is 0 Å². The predicted molar refractivity (Wildman–Crippen MR) is 56.8 cm³/mol. The summed E-state index contributed by atoms with van der Waals surface area (Å²) in [4.78, 5) is 12.9. The molecule has 1 aromatic carbocycles. The van der Waals surface area contributed by atoms with Crippen molar-refractivity contribution in [2.45, 2.75) is 0 Å². The number of benzene rings is 1. The SMILES string of the molecule is CN(C)C(=O)B(Cl)c1ccccc1. The molecule has 1 aromatic rings. The topological polar surface area (TPSA) is 20.3 Å². The molecule has 4 heteroatoms. The highest BCUT2D eigenvalue weighted by Crippen LogP contribution is 1.98. The number of carbonyl (C=O) groups is 1. The maximum absolute atomic E-state index is 11.4. The Hall–Kier alpha value is -0.955. The molecule has 0 atom stereocenters. The van der Waals surface area contributed by atoms with Crippen molar-refractivity contribution in [3.63, 3.8) is 0 Å². The standard InChI is InChI=1S/C9H11BClNO/c1-12(2)9(13)10(11)8-6-4-3-5-7-8/h3-7H,1-2H3. The van der Waals surface area contributed by atoms with E-state index in [1.54, 1.807) is 14.1 Å². The molecule has 0 heterocycles. The summed E-state index contributed by atoms with van der Waals surface area (Å²) in [5.41, 5.74) is 0.836. The maximum Gasteiger partial charge on any atom is 0.386 e. The van der Waals surface area contributed by atoms with Gasteiger partial charge in [-0.1, -0.05) is 35.8 Å². The second-order valence-electron chi connectivity index (χ2n) is 3.01. The van der Waals surface area contributed by atoms with Gasteiger partial charge >= 0.3 is 6.13 Å². The van der Waals surface area contributed by atoms with Crippen LogP contribution in [0.25, 0.3) is 0 Å². The van der Waals surface area contributed by atoms with Crippen molar-refractivity contribution in [3.05, 3.63) is 30.3 Å². The van der Waals surface area contributed by atoms with Crippen LogP contribution < -0.4 is 5.46 Å². The van der Waals surface area contributed by atoms with Crippen LogP contribution in [0.3, 0.4) is 0 Å². The van der Waals surface area contributed by atoms with Crippen LogP contribution in [0.4, 0.5) is 4.79 Å². The molecule has 0 saturated heterocycles. The lowest BCUT2D eigenvalue weighted by Crippen LogP contribution is -2.40. The maximum atomic E-state index is 11.4. The Morgan fingerprint density at radius 3 is 2.31 bits per heavy atom. The van der Waals surface area contributed by atoms with E-state index in [0.717, 1.165) is 5.46 Å². The van der Waals surface area contributed by atoms with Crippen LogP contribution in [-0.2, 0) is 0 Å². The van der Waals surface area contributed by atoms with E-state index < -0.39 is 6.13 Å². The first-order chi connectivity index (χ1) is 6.13. The second-order valence-corrected chi connectivity index (χ2v) is 3.44. The van der Waals surface area contributed by atoms with Crippen molar-refractivity contribution in [1.82, 2.24) is 4.90 Å². The third-order valence-electron chi connectivity index (χ3n) is 1.75. The molecule has 1 amide bonds. The third kappa shape index (κ3) is 2.49. The molecular formula is C9H11BClNO. The lowest BCUT2D eigenvalue weighted by atomic mass is 9.67. The number of halogens is 1. The average Bonchev–Trinajstić information content (AvgIpc) is 2.17. The fraction of sp³-hybridized carbons (Fsp3) is 0.222. The van der Waals surface area contributed by atoms with Crippen LogP contribution in [0.5, 0.6) is 0 Å². The Balaban J connectivity index is 2.80. The highest BCUT2D eigenvalue weighted by Gasteiger charge is 2.24. The summed E-state index contributed by atoms with van der Waals surface area (Å²) in [6.07, 6.45) is -0.573. The molecule has 0 unspecified atom stereocenters. The quantitative estimate of drug-likeness (QED) is 0.653. The van der Waals surface area contributed by atoms with Crippen LogP contribution in [0.2, 0.25) is 0 Å². The van der Waals surface area contributed by atoms with Gasteiger partial charge in [0.1, 0.15) is 0 Å². The molecule has 0 bridgehead atoms. The minimum absolute atomic E-state index is 0.0899. The largest absolute Gasteiger partial charge is 0.386 e. The smallest absolute Gasteiger partial charge is 0.356 e. The molecule has 68 valence electrons. The summed E-state index contributed by atoms with van der Waals surface area (Å²) in [6, 6.07) is 9.33. The summed E-state index contributed by atoms with van der Waals surface area (Å²) in [5, 5.41) is 0. The van der Waals surface area contributed by atoms with Gasteiger partial charge in [-0.15, -0.1) is 0 Å². The molecule has 0 aromatic heterocycles. The van der Waals surface area contributed by atoms with Crippen LogP contribution in [0.15, 0.2) is 30.3 Å². The van der Waals surface area contributed by atoms with Gasteiger partial charge in [0.15, 0.2) is 0 Å². The zero-order chi connectivity index (χ0) is 9.84. The monoisotopic (exact) mass is 195 g/mol. The summed E-state index contributed by atoms with van der Waals surface area (Å²) >= 11 is 5.96. The van der Waals surface area contributed by atoms with E-state index in [9.17, 15) is 4.79 Å². The van der Waals surface area contributed by atoms with E-state index in [-0.39, 0.29) is 5.81 Å². The number of nitrogens with zero attached hydrogens (tertiary/aromatic N) is 1. The normalized spacial score (nSPS) is 9.46. The van der Waals surface area contributed by atoms with Gasteiger partial charge in [0.2, 0.25) is 5.81 Å². The van der Waals surface area contributed by atoms with Crippen molar-refractivity contribution < 1.29 is 4.79 Å². The first-order valence-corrected chi connectivity index (χ1v) is 4.46. The fourth-order valence-corrected chi connectivity index (χ4v) is 1.33. The molecule has 2 nitrogen and oxygen atoms in total. The zero-order valence-corrected chi connectivity index (χ0v) is 8.45. The Morgan fingerprint density at radius 2 is 1.85 bits per heavy atom. The van der Waals surface area contributed by atoms with Crippen LogP contribution in [0.1, 0.15) is 0 Å². The van der Waals surface area contributed by atoms with E-state index in [1.807, 2.05) is 30.3 Å². The lowest BCUT2D eigenvalue weighted by molar-refractivity contribution is 0.239. The molecule has 0 aliphatic rings. The van der Waals surface area contributed by atoms with Gasteiger partial charge < -0.3 is 4.90 Å². The first kappa shape index (κ1) is 10.1. The van der Waals surface area contributed by atoms with Gasteiger partial charge in [-0.25, -0.2) is 0 Å². The lowest BCUT2D eigenvalue weighted by Gasteiger charge is -2.12. The van der Waals surface area contributed by atoms with Crippen molar-refractivity contribution in [2.75, 3.05) is 14.1 Å². The van der Waals surface area contributed by atoms with E-state index in [1.165, 1.54) is 4.90 Å². The van der Waals surface area contributed by atoms with E-state index in [4.69, 9.17) is 11.5 Å². The molecule has 0 radical (unpaired) electrons. The van der Waals surface area contributed by atoms with Crippen molar-refractivity contribution in [3.8, 4) is 0 Å². The number of carbonyl (C=O) groups excluding carboxylic acids is 1. The Morgan fingerprint density at radius 1 is 1.31 bits per heavy atom. The first-order valence-electron chi connectivity index (χ1n) is 4.03. The molecule has 0 spiro atoms. The highest BCUT2D eigenvalue weighted by molar-refractivity contribution is 7.29. The van der Waals surface area contributed by atoms with E-state index in [2.05, 4.69) is 0 Å². The van der Waals surface area contributed by atoms with Gasteiger partial charge in [-0.05, 0) is 0 Å². The summed E-state index contributed by atoms with van der Waals surface area (Å²) in [7, 11) is 3.39. The minimum Gasteiger partial charge on any atom is -0.356 e. The van der Waals surface area contributed by atoms with E-state index >= 15 is 0 Å². The van der Waals surface area contributed by atoms with Gasteiger partial charge in [-0.3, -0.25) is 4.79 Å². The van der Waals surface area contributed by atoms with Crippen molar-refractivity contribution >= 4 is 28.9 Å². The summed E-state index contributed by atoms with van der Waals surface area (Å²) in [5.74, 6) is -0.0899. The van der Waals surface area contributed by atoms with Crippen LogP contribution in [-0.4, -0.2) is 30.9 Å². The summed E-state index contributed by atoms with van der Waals surface area (Å²) < 4.78 is 0. The van der Waals surface area contributed by atoms with Gasteiger partial charge in [-0.2, -0.15) is 11.5 Å². The molecule has 1 rings (SSSR count).